The molecule has 4 rings (SSSR count). The fraction of sp³-hybridized carbons (Fsp3) is 0.294. The maximum Gasteiger partial charge on any atom is 0.273 e. The first kappa shape index (κ1) is 12.4. The molecule has 3 aromatic rings. The molecule has 0 radical (unpaired) electrons. The molecule has 0 bridgehead atoms. The third-order valence-electron chi connectivity index (χ3n) is 4.36. The van der Waals surface area contributed by atoms with Crippen molar-refractivity contribution in [3.63, 3.8) is 0 Å². The van der Waals surface area contributed by atoms with E-state index in [1.807, 2.05) is 37.3 Å². The van der Waals surface area contributed by atoms with E-state index >= 15 is 0 Å². The molecule has 0 saturated heterocycles. The topological polar surface area (TPSA) is 50.2 Å². The Hall–Kier alpha value is -2.36. The van der Waals surface area contributed by atoms with Gasteiger partial charge in [0.2, 0.25) is 0 Å². The van der Waals surface area contributed by atoms with Gasteiger partial charge in [-0.25, -0.2) is 9.50 Å². The molecule has 1 aromatic carbocycles. The van der Waals surface area contributed by atoms with Gasteiger partial charge in [0.25, 0.3) is 5.56 Å². The normalized spacial score (nSPS) is 15.3. The van der Waals surface area contributed by atoms with Gasteiger partial charge in [-0.15, -0.1) is 0 Å². The molecule has 106 valence electrons. The number of hydrogen-bond donors (Lipinski definition) is 1. The summed E-state index contributed by atoms with van der Waals surface area (Å²) in [6.45, 7) is 2.05. The van der Waals surface area contributed by atoms with Crippen LogP contribution in [-0.4, -0.2) is 14.6 Å². The summed E-state index contributed by atoms with van der Waals surface area (Å²) >= 11 is 0. The number of hydrogen-bond acceptors (Lipinski definition) is 2. The van der Waals surface area contributed by atoms with Gasteiger partial charge in [0.05, 0.1) is 5.69 Å². The van der Waals surface area contributed by atoms with E-state index in [1.165, 1.54) is 24.8 Å². The van der Waals surface area contributed by atoms with Gasteiger partial charge in [0, 0.05) is 29.3 Å². The lowest BCUT2D eigenvalue weighted by Gasteiger charge is -2.23. The fourth-order valence-corrected chi connectivity index (χ4v) is 2.81. The average molecular weight is 279 g/mol. The van der Waals surface area contributed by atoms with Crippen LogP contribution in [-0.2, 0) is 0 Å². The Kier molecular flexibility index (Phi) is 2.70. The number of benzene rings is 1. The van der Waals surface area contributed by atoms with Crippen molar-refractivity contribution in [3.8, 4) is 11.3 Å². The van der Waals surface area contributed by atoms with Gasteiger partial charge in [-0.2, -0.15) is 0 Å². The minimum absolute atomic E-state index is 0.0545. The monoisotopic (exact) mass is 279 g/mol. The molecule has 1 saturated carbocycles. The SMILES string of the molecule is Cc1ccc(-c2cc(=O)n3[nH]c(C4CCC4)cc3n2)cc1. The quantitative estimate of drug-likeness (QED) is 0.782. The summed E-state index contributed by atoms with van der Waals surface area (Å²) in [7, 11) is 0. The van der Waals surface area contributed by atoms with E-state index < -0.39 is 0 Å². The van der Waals surface area contributed by atoms with E-state index in [1.54, 1.807) is 10.6 Å². The van der Waals surface area contributed by atoms with Gasteiger partial charge < -0.3 is 0 Å². The van der Waals surface area contributed by atoms with E-state index in [-0.39, 0.29) is 5.56 Å². The van der Waals surface area contributed by atoms with Crippen LogP contribution in [0.5, 0.6) is 0 Å². The molecule has 2 heterocycles. The third-order valence-corrected chi connectivity index (χ3v) is 4.36. The second-order valence-electron chi connectivity index (χ2n) is 5.88. The molecule has 0 atom stereocenters. The summed E-state index contributed by atoms with van der Waals surface area (Å²) in [5, 5.41) is 3.20. The average Bonchev–Trinajstić information content (AvgIpc) is 2.81. The number of aromatic amines is 1. The summed E-state index contributed by atoms with van der Waals surface area (Å²) in [6.07, 6.45) is 3.68. The van der Waals surface area contributed by atoms with E-state index in [0.29, 0.717) is 11.6 Å². The molecule has 1 fully saturated rings. The van der Waals surface area contributed by atoms with E-state index in [2.05, 4.69) is 10.1 Å². The van der Waals surface area contributed by atoms with Gasteiger partial charge in [0.1, 0.15) is 0 Å². The summed E-state index contributed by atoms with van der Waals surface area (Å²) in [6, 6.07) is 11.7. The van der Waals surface area contributed by atoms with E-state index in [0.717, 1.165) is 17.0 Å². The third kappa shape index (κ3) is 2.07. The molecule has 0 amide bonds. The van der Waals surface area contributed by atoms with Crippen LogP contribution in [0.25, 0.3) is 16.9 Å². The van der Waals surface area contributed by atoms with Crippen LogP contribution in [0, 0.1) is 6.92 Å². The van der Waals surface area contributed by atoms with Crippen molar-refractivity contribution in [2.75, 3.05) is 0 Å². The van der Waals surface area contributed by atoms with Gasteiger partial charge in [-0.05, 0) is 19.8 Å². The summed E-state index contributed by atoms with van der Waals surface area (Å²) in [5.41, 5.74) is 4.70. The summed E-state index contributed by atoms with van der Waals surface area (Å²) in [5.74, 6) is 0.564. The van der Waals surface area contributed by atoms with E-state index in [9.17, 15) is 4.79 Å². The molecule has 4 nitrogen and oxygen atoms in total. The van der Waals surface area contributed by atoms with Crippen molar-refractivity contribution >= 4 is 5.65 Å². The van der Waals surface area contributed by atoms with Crippen LogP contribution >= 0.6 is 0 Å². The number of nitrogens with one attached hydrogen (secondary N) is 1. The van der Waals surface area contributed by atoms with Gasteiger partial charge in [-0.3, -0.25) is 9.89 Å². The number of fused-ring (bicyclic) bond motifs is 1. The highest BCUT2D eigenvalue weighted by atomic mass is 16.1. The molecule has 0 aliphatic heterocycles. The second kappa shape index (κ2) is 4.58. The van der Waals surface area contributed by atoms with Gasteiger partial charge in [0.15, 0.2) is 5.65 Å². The zero-order chi connectivity index (χ0) is 14.4. The number of H-pyrrole nitrogens is 1. The standard InChI is InChI=1S/C17H17N3O/c1-11-5-7-13(8-6-11)14-10-17(21)20-16(18-14)9-15(19-20)12-3-2-4-12/h5-10,12,19H,2-4H2,1H3. The fourth-order valence-electron chi connectivity index (χ4n) is 2.81. The van der Waals surface area contributed by atoms with Crippen LogP contribution in [0.1, 0.15) is 36.4 Å². The van der Waals surface area contributed by atoms with Crippen LogP contribution in [0.15, 0.2) is 41.2 Å². The van der Waals surface area contributed by atoms with Gasteiger partial charge >= 0.3 is 0 Å². The smallest absolute Gasteiger partial charge is 0.273 e. The zero-order valence-corrected chi connectivity index (χ0v) is 12.0. The molecular weight excluding hydrogens is 262 g/mol. The molecular formula is C17H17N3O. The van der Waals surface area contributed by atoms with Crippen molar-refractivity contribution in [3.05, 3.63) is 58.0 Å². The predicted molar refractivity (Wildman–Crippen MR) is 82.6 cm³/mol. The number of aromatic nitrogens is 3. The lowest BCUT2D eigenvalue weighted by atomic mass is 9.83. The van der Waals surface area contributed by atoms with Crippen LogP contribution in [0.3, 0.4) is 0 Å². The number of rotatable bonds is 2. The minimum Gasteiger partial charge on any atom is -0.293 e. The van der Waals surface area contributed by atoms with Crippen molar-refractivity contribution in [2.45, 2.75) is 32.1 Å². The first-order chi connectivity index (χ1) is 10.2. The Bertz CT molecular complexity index is 854. The maximum atomic E-state index is 12.3. The molecule has 4 heteroatoms. The molecule has 1 aliphatic carbocycles. The van der Waals surface area contributed by atoms with E-state index in [4.69, 9.17) is 0 Å². The van der Waals surface area contributed by atoms with Crippen molar-refractivity contribution in [1.29, 1.82) is 0 Å². The largest absolute Gasteiger partial charge is 0.293 e. The van der Waals surface area contributed by atoms with Gasteiger partial charge in [-0.1, -0.05) is 36.2 Å². The summed E-state index contributed by atoms with van der Waals surface area (Å²) < 4.78 is 1.55. The second-order valence-corrected chi connectivity index (χ2v) is 5.88. The Labute approximate surface area is 122 Å². The lowest BCUT2D eigenvalue weighted by molar-refractivity contribution is 0.409. The molecule has 1 aliphatic rings. The zero-order valence-electron chi connectivity index (χ0n) is 12.0. The Morgan fingerprint density at radius 2 is 1.95 bits per heavy atom. The Morgan fingerprint density at radius 3 is 2.62 bits per heavy atom. The highest BCUT2D eigenvalue weighted by molar-refractivity contribution is 5.61. The van der Waals surface area contributed by atoms with Crippen LogP contribution in [0.4, 0.5) is 0 Å². The van der Waals surface area contributed by atoms with Crippen LogP contribution in [0.2, 0.25) is 0 Å². The van der Waals surface area contributed by atoms with Crippen molar-refractivity contribution in [2.24, 2.45) is 0 Å². The number of aryl methyl sites for hydroxylation is 1. The van der Waals surface area contributed by atoms with Crippen molar-refractivity contribution in [1.82, 2.24) is 14.6 Å². The molecule has 1 N–H and O–H groups in total. The molecule has 21 heavy (non-hydrogen) atoms. The minimum atomic E-state index is -0.0545. The molecule has 2 aromatic heterocycles. The number of nitrogens with zero attached hydrogens (tertiary/aromatic N) is 2. The molecule has 0 unspecified atom stereocenters. The highest BCUT2D eigenvalue weighted by Gasteiger charge is 2.22. The molecule has 0 spiro atoms. The Morgan fingerprint density at radius 1 is 1.19 bits per heavy atom. The predicted octanol–water partition coefficient (Wildman–Crippen LogP) is 3.27. The highest BCUT2D eigenvalue weighted by Crippen LogP contribution is 2.35. The summed E-state index contributed by atoms with van der Waals surface area (Å²) in [4.78, 5) is 16.9. The lowest BCUT2D eigenvalue weighted by Crippen LogP contribution is -2.15. The van der Waals surface area contributed by atoms with Crippen molar-refractivity contribution < 1.29 is 0 Å². The van der Waals surface area contributed by atoms with Crippen LogP contribution < -0.4 is 5.56 Å². The first-order valence-electron chi connectivity index (χ1n) is 7.40. The first-order valence-corrected chi connectivity index (χ1v) is 7.40. The Balaban J connectivity index is 1.84. The maximum absolute atomic E-state index is 12.3.